The van der Waals surface area contributed by atoms with Gasteiger partial charge in [-0.3, -0.25) is 0 Å². The molecule has 15 aromatic rings. The van der Waals surface area contributed by atoms with Crippen LogP contribution in [0.2, 0.25) is 0 Å². The second-order valence-corrected chi connectivity index (χ2v) is 29.1. The van der Waals surface area contributed by atoms with Crippen molar-refractivity contribution in [1.82, 2.24) is 9.13 Å². The molecule has 0 bridgehead atoms. The van der Waals surface area contributed by atoms with E-state index in [9.17, 15) is 0 Å². The maximum atomic E-state index is 2.57. The van der Waals surface area contributed by atoms with E-state index in [-0.39, 0.29) is 0 Å². The van der Waals surface area contributed by atoms with Gasteiger partial charge in [-0.05, 0) is 106 Å². The van der Waals surface area contributed by atoms with E-state index in [4.69, 9.17) is 0 Å². The monoisotopic (exact) mass is 1080 g/mol. The van der Waals surface area contributed by atoms with Gasteiger partial charge in [0.1, 0.15) is 0 Å². The fraction of sp³-hybridized carbons (Fsp3) is 0. The molecule has 0 aliphatic rings. The molecule has 15 rings (SSSR count). The molecule has 82 heavy (non-hydrogen) atoms. The average Bonchev–Trinajstić information content (AvgIpc) is 3.97. The molecule has 0 aliphatic carbocycles. The normalized spacial score (nSPS) is 11.9. The van der Waals surface area contributed by atoms with Crippen LogP contribution in [0, 0.1) is 0 Å². The Labute approximate surface area is 480 Å². The summed E-state index contributed by atoms with van der Waals surface area (Å²) >= 11 is 0. The Bertz CT molecular complexity index is 4690. The lowest BCUT2D eigenvalue weighted by Crippen LogP contribution is -2.74. The summed E-state index contributed by atoms with van der Waals surface area (Å²) in [6, 6.07) is 127. The predicted octanol–water partition coefficient (Wildman–Crippen LogP) is 14.0. The van der Waals surface area contributed by atoms with Crippen molar-refractivity contribution in [3.05, 3.63) is 340 Å². The Morgan fingerprint density at radius 3 is 1.15 bits per heavy atom. The average molecular weight is 1080 g/mol. The number of rotatable bonds is 12. The van der Waals surface area contributed by atoms with Gasteiger partial charge in [-0.25, -0.2) is 0 Å². The van der Waals surface area contributed by atoms with Crippen LogP contribution >= 0.6 is 0 Å². The Morgan fingerprint density at radius 1 is 0.207 bits per heavy atom. The number of hydrogen-bond donors (Lipinski definition) is 0. The van der Waals surface area contributed by atoms with E-state index in [0.717, 1.165) is 16.9 Å². The van der Waals surface area contributed by atoms with Gasteiger partial charge in [0.15, 0.2) is 16.1 Å². The summed E-state index contributed by atoms with van der Waals surface area (Å²) in [5, 5.41) is 15.7. The van der Waals surface area contributed by atoms with Crippen LogP contribution in [0.4, 0.5) is 0 Å². The van der Waals surface area contributed by atoms with E-state index >= 15 is 0 Å². The summed E-state index contributed by atoms with van der Waals surface area (Å²) in [5.41, 5.74) is 11.8. The highest BCUT2D eigenvalue weighted by Crippen LogP contribution is 2.40. The second-order valence-electron chi connectivity index (χ2n) is 21.5. The van der Waals surface area contributed by atoms with Crippen molar-refractivity contribution in [2.24, 2.45) is 0 Å². The third-order valence-electron chi connectivity index (χ3n) is 17.2. The zero-order valence-corrected chi connectivity index (χ0v) is 47.2. The minimum atomic E-state index is -3.06. The van der Waals surface area contributed by atoms with E-state index < -0.39 is 16.1 Å². The third kappa shape index (κ3) is 7.83. The van der Waals surface area contributed by atoms with Gasteiger partial charge >= 0.3 is 0 Å². The summed E-state index contributed by atoms with van der Waals surface area (Å²) in [7, 11) is -6.05. The summed E-state index contributed by atoms with van der Waals surface area (Å²) in [4.78, 5) is 0. The Morgan fingerprint density at radius 2 is 0.573 bits per heavy atom. The SMILES string of the molecule is c1ccc(-c2ccc([Si](c3ccccc3)(c3ccccc3)c3cccc4c3c3ccccc3n4-c3cccc4c3c3ccccc3n4-c3cccc([Si](c4ccccc4)(c4ccccc4)c4cccc(-c5ccccc5)c4)c3)cc2)cc1. The number of hydrogen-bond acceptors (Lipinski definition) is 0. The molecule has 2 nitrogen and oxygen atoms in total. The van der Waals surface area contributed by atoms with Crippen LogP contribution in [0.3, 0.4) is 0 Å². The predicted molar refractivity (Wildman–Crippen MR) is 353 cm³/mol. The van der Waals surface area contributed by atoms with Crippen molar-refractivity contribution in [2.45, 2.75) is 0 Å². The van der Waals surface area contributed by atoms with E-state index in [1.165, 1.54) is 102 Å². The molecule has 13 aromatic carbocycles. The maximum Gasteiger partial charge on any atom is 0.180 e. The van der Waals surface area contributed by atoms with Crippen molar-refractivity contribution in [3.8, 4) is 33.6 Å². The number of para-hydroxylation sites is 2. The summed E-state index contributed by atoms with van der Waals surface area (Å²) < 4.78 is 5.09. The van der Waals surface area contributed by atoms with Gasteiger partial charge in [0.2, 0.25) is 0 Å². The van der Waals surface area contributed by atoms with Crippen LogP contribution < -0.4 is 41.5 Å². The number of benzene rings is 13. The lowest BCUT2D eigenvalue weighted by molar-refractivity contribution is 1.17. The van der Waals surface area contributed by atoms with Crippen LogP contribution in [0.1, 0.15) is 0 Å². The van der Waals surface area contributed by atoms with Gasteiger partial charge in [0.25, 0.3) is 0 Å². The fourth-order valence-electron chi connectivity index (χ4n) is 13.8. The van der Waals surface area contributed by atoms with Crippen LogP contribution in [0.5, 0.6) is 0 Å². The second kappa shape index (κ2) is 20.5. The minimum Gasteiger partial charge on any atom is -0.309 e. The summed E-state index contributed by atoms with van der Waals surface area (Å²) in [6.45, 7) is 0. The van der Waals surface area contributed by atoms with Crippen LogP contribution in [0.25, 0.3) is 77.2 Å². The molecule has 0 atom stereocenters. The molecule has 0 saturated heterocycles. The lowest BCUT2D eigenvalue weighted by Gasteiger charge is -2.35. The minimum absolute atomic E-state index is 1.13. The Hall–Kier alpha value is -10.1. The first kappa shape index (κ1) is 49.0. The molecule has 0 radical (unpaired) electrons. The van der Waals surface area contributed by atoms with Gasteiger partial charge in [0.05, 0.1) is 27.8 Å². The highest BCUT2D eigenvalue weighted by molar-refractivity contribution is 7.21. The number of aromatic nitrogens is 2. The standard InChI is InChI=1S/C78H56N2Si2/c1-7-27-57(28-8-1)59-51-53-66(54-52-59)82(64-37-15-5-16-38-64,65-39-17-6-18-40-65)76-50-26-49-75-78(76)70-44-20-22-46-72(70)80(75)74-48-25-47-73-77(74)69-43-19-21-45-71(69)79(73)61-32-24-42-68(56-61)81(62-33-11-3-12-34-62,63-35-13-4-14-36-63)67-41-23-31-60(55-67)58-29-9-2-10-30-58/h1-56H. The van der Waals surface area contributed by atoms with Crippen LogP contribution in [-0.2, 0) is 0 Å². The molecule has 2 heterocycles. The third-order valence-corrected chi connectivity index (χ3v) is 26.8. The van der Waals surface area contributed by atoms with Gasteiger partial charge in [-0.15, -0.1) is 0 Å². The highest BCUT2D eigenvalue weighted by atomic mass is 28.3. The van der Waals surface area contributed by atoms with Gasteiger partial charge in [-0.2, -0.15) is 0 Å². The molecule has 0 aliphatic heterocycles. The molecule has 0 amide bonds. The first-order valence-corrected chi connectivity index (χ1v) is 32.4. The first-order valence-electron chi connectivity index (χ1n) is 28.4. The van der Waals surface area contributed by atoms with Crippen LogP contribution in [0.15, 0.2) is 340 Å². The molecule has 0 N–H and O–H groups in total. The van der Waals surface area contributed by atoms with Crippen molar-refractivity contribution in [3.63, 3.8) is 0 Å². The quantitative estimate of drug-likeness (QED) is 0.0852. The molecular formula is C78H56N2Si2. The molecule has 0 saturated carbocycles. The molecule has 0 spiro atoms. The molecule has 386 valence electrons. The Balaban J connectivity index is 0.978. The van der Waals surface area contributed by atoms with Crippen molar-refractivity contribution < 1.29 is 0 Å². The van der Waals surface area contributed by atoms with Gasteiger partial charge in [0, 0.05) is 27.2 Å². The van der Waals surface area contributed by atoms with E-state index in [1.54, 1.807) is 0 Å². The largest absolute Gasteiger partial charge is 0.309 e. The number of fused-ring (bicyclic) bond motifs is 6. The summed E-state index contributed by atoms with van der Waals surface area (Å²) in [5.74, 6) is 0. The van der Waals surface area contributed by atoms with Crippen molar-refractivity contribution >= 4 is 101 Å². The van der Waals surface area contributed by atoms with E-state index in [2.05, 4.69) is 349 Å². The smallest absolute Gasteiger partial charge is 0.180 e. The molecule has 0 unspecified atom stereocenters. The van der Waals surface area contributed by atoms with E-state index in [1.807, 2.05) is 0 Å². The zero-order valence-electron chi connectivity index (χ0n) is 45.2. The van der Waals surface area contributed by atoms with Crippen molar-refractivity contribution in [1.29, 1.82) is 0 Å². The molecule has 4 heteroatoms. The zero-order chi connectivity index (χ0) is 54.5. The maximum absolute atomic E-state index is 3.06. The van der Waals surface area contributed by atoms with Crippen LogP contribution in [-0.4, -0.2) is 25.3 Å². The first-order chi connectivity index (χ1) is 40.7. The lowest BCUT2D eigenvalue weighted by atomic mass is 10.1. The molecular weight excluding hydrogens is 1020 g/mol. The highest BCUT2D eigenvalue weighted by Gasteiger charge is 2.44. The van der Waals surface area contributed by atoms with Gasteiger partial charge in [-0.1, -0.05) is 297 Å². The van der Waals surface area contributed by atoms with E-state index in [0.29, 0.717) is 0 Å². The van der Waals surface area contributed by atoms with Gasteiger partial charge < -0.3 is 9.13 Å². The topological polar surface area (TPSA) is 9.86 Å². The fourth-order valence-corrected chi connectivity index (χ4v) is 23.5. The Kier molecular flexibility index (Phi) is 12.3. The summed E-state index contributed by atoms with van der Waals surface area (Å²) in [6.07, 6.45) is 0. The van der Waals surface area contributed by atoms with Crippen molar-refractivity contribution in [2.75, 3.05) is 0 Å². The molecule has 2 aromatic heterocycles. The number of nitrogens with zero attached hydrogens (tertiary/aromatic N) is 2. The molecule has 0 fully saturated rings.